The van der Waals surface area contributed by atoms with E-state index >= 15 is 0 Å². The highest BCUT2D eigenvalue weighted by Crippen LogP contribution is 2.07. The molecule has 0 saturated carbocycles. The van der Waals surface area contributed by atoms with E-state index in [9.17, 15) is 4.79 Å². The fraction of sp³-hybridized carbons (Fsp3) is 0.692. The van der Waals surface area contributed by atoms with E-state index in [1.54, 1.807) is 0 Å². The molecule has 1 aromatic heterocycles. The monoisotopic (exact) mass is 253 g/mol. The van der Waals surface area contributed by atoms with Crippen LogP contribution in [0.4, 0.5) is 0 Å². The van der Waals surface area contributed by atoms with Gasteiger partial charge in [0.1, 0.15) is 5.76 Å². The number of nitrogens with one attached hydrogen (secondary N) is 2. The van der Waals surface area contributed by atoms with Gasteiger partial charge in [-0.15, -0.1) is 0 Å². The van der Waals surface area contributed by atoms with E-state index in [4.69, 9.17) is 4.42 Å². The number of amides is 1. The lowest BCUT2D eigenvalue weighted by Gasteiger charge is -2.12. The molecule has 0 radical (unpaired) electrons. The molecule has 1 unspecified atom stereocenters. The Balaban J connectivity index is 2.31. The summed E-state index contributed by atoms with van der Waals surface area (Å²) in [6, 6.07) is -0.241. The van der Waals surface area contributed by atoms with Gasteiger partial charge >= 0.3 is 0 Å². The van der Waals surface area contributed by atoms with Crippen molar-refractivity contribution in [2.75, 3.05) is 6.54 Å². The van der Waals surface area contributed by atoms with Crippen LogP contribution in [0.2, 0.25) is 0 Å². The Bertz CT molecular complexity index is 368. The summed E-state index contributed by atoms with van der Waals surface area (Å²) < 4.78 is 5.44. The van der Waals surface area contributed by atoms with E-state index in [0.717, 1.165) is 30.8 Å². The van der Waals surface area contributed by atoms with Crippen LogP contribution < -0.4 is 10.6 Å². The maximum absolute atomic E-state index is 11.7. The van der Waals surface area contributed by atoms with Crippen molar-refractivity contribution in [3.63, 3.8) is 0 Å². The average molecular weight is 253 g/mol. The molecule has 1 atom stereocenters. The van der Waals surface area contributed by atoms with Gasteiger partial charge in [-0.25, -0.2) is 4.98 Å². The molecular weight excluding hydrogens is 230 g/mol. The summed E-state index contributed by atoms with van der Waals surface area (Å²) in [5.41, 5.74) is 0.895. The van der Waals surface area contributed by atoms with Crippen LogP contribution in [0.25, 0.3) is 0 Å². The van der Waals surface area contributed by atoms with Crippen molar-refractivity contribution in [2.45, 2.75) is 53.1 Å². The number of aromatic nitrogens is 1. The van der Waals surface area contributed by atoms with Gasteiger partial charge in [0, 0.05) is 6.54 Å². The van der Waals surface area contributed by atoms with E-state index < -0.39 is 0 Å². The summed E-state index contributed by atoms with van der Waals surface area (Å²) in [7, 11) is 0. The predicted molar refractivity (Wildman–Crippen MR) is 70.2 cm³/mol. The molecule has 5 nitrogen and oxygen atoms in total. The maximum atomic E-state index is 11.7. The number of carbonyl (C=O) groups excluding carboxylic acids is 1. The van der Waals surface area contributed by atoms with Gasteiger partial charge < -0.3 is 9.73 Å². The number of nitrogens with zero attached hydrogens (tertiary/aromatic N) is 1. The fourth-order valence-corrected chi connectivity index (χ4v) is 1.49. The highest BCUT2D eigenvalue weighted by molar-refractivity contribution is 5.81. The molecule has 5 heteroatoms. The molecule has 18 heavy (non-hydrogen) atoms. The van der Waals surface area contributed by atoms with Gasteiger partial charge in [0.25, 0.3) is 0 Å². The Hall–Kier alpha value is -1.36. The molecule has 0 aromatic carbocycles. The molecule has 1 heterocycles. The van der Waals surface area contributed by atoms with Gasteiger partial charge in [0.15, 0.2) is 0 Å². The number of rotatable bonds is 7. The van der Waals surface area contributed by atoms with Gasteiger partial charge in [-0.1, -0.05) is 13.3 Å². The molecule has 0 saturated heterocycles. The first kappa shape index (κ1) is 14.7. The standard InChI is InChI=1S/C13H23N3O2/c1-5-6-7-14-13(17)10(3)15-8-12-16-9(2)11(4)18-12/h10,15H,5-8H2,1-4H3,(H,14,17). The van der Waals surface area contributed by atoms with Crippen LogP contribution in [0.15, 0.2) is 4.42 Å². The van der Waals surface area contributed by atoms with Crippen LogP contribution in [-0.2, 0) is 11.3 Å². The molecule has 0 fully saturated rings. The molecule has 102 valence electrons. The summed E-state index contributed by atoms with van der Waals surface area (Å²) >= 11 is 0. The predicted octanol–water partition coefficient (Wildman–Crippen LogP) is 1.69. The summed E-state index contributed by atoms with van der Waals surface area (Å²) in [6.45, 7) is 8.93. The largest absolute Gasteiger partial charge is 0.444 e. The number of hydrogen-bond donors (Lipinski definition) is 2. The molecule has 2 N–H and O–H groups in total. The van der Waals surface area contributed by atoms with Crippen molar-refractivity contribution in [3.05, 3.63) is 17.3 Å². The van der Waals surface area contributed by atoms with E-state index in [1.165, 1.54) is 0 Å². The van der Waals surface area contributed by atoms with Gasteiger partial charge in [0.05, 0.1) is 18.3 Å². The first-order chi connectivity index (χ1) is 8.54. The van der Waals surface area contributed by atoms with Crippen LogP contribution in [0.1, 0.15) is 44.0 Å². The third-order valence-corrected chi connectivity index (χ3v) is 2.86. The maximum Gasteiger partial charge on any atom is 0.236 e. The molecule has 0 aliphatic rings. The molecule has 0 aliphatic carbocycles. The molecule has 0 spiro atoms. The second-order valence-corrected chi connectivity index (χ2v) is 4.50. The summed E-state index contributed by atoms with van der Waals surface area (Å²) in [6.07, 6.45) is 2.09. The Kier molecular flexibility index (Phi) is 5.85. The minimum Gasteiger partial charge on any atom is -0.444 e. The number of oxazole rings is 1. The molecule has 0 aliphatic heterocycles. The van der Waals surface area contributed by atoms with E-state index in [0.29, 0.717) is 12.4 Å². The van der Waals surface area contributed by atoms with Gasteiger partial charge in [0.2, 0.25) is 11.8 Å². The fourth-order valence-electron chi connectivity index (χ4n) is 1.49. The average Bonchev–Trinajstić information content (AvgIpc) is 2.66. The van der Waals surface area contributed by atoms with Crippen molar-refractivity contribution < 1.29 is 9.21 Å². The quantitative estimate of drug-likeness (QED) is 0.726. The molecular formula is C13H23N3O2. The summed E-state index contributed by atoms with van der Waals surface area (Å²) in [5.74, 6) is 1.47. The van der Waals surface area contributed by atoms with Gasteiger partial charge in [-0.3, -0.25) is 10.1 Å². The third kappa shape index (κ3) is 4.49. The second-order valence-electron chi connectivity index (χ2n) is 4.50. The molecule has 0 bridgehead atoms. The van der Waals surface area contributed by atoms with Crippen molar-refractivity contribution in [1.29, 1.82) is 0 Å². The van der Waals surface area contributed by atoms with E-state index in [-0.39, 0.29) is 11.9 Å². The Morgan fingerprint density at radius 1 is 1.44 bits per heavy atom. The zero-order valence-electron chi connectivity index (χ0n) is 11.7. The van der Waals surface area contributed by atoms with Crippen LogP contribution in [0.5, 0.6) is 0 Å². The number of hydrogen-bond acceptors (Lipinski definition) is 4. The first-order valence-electron chi connectivity index (χ1n) is 6.48. The van der Waals surface area contributed by atoms with Crippen LogP contribution in [0, 0.1) is 13.8 Å². The highest BCUT2D eigenvalue weighted by atomic mass is 16.4. The third-order valence-electron chi connectivity index (χ3n) is 2.86. The number of aryl methyl sites for hydroxylation is 2. The number of carbonyl (C=O) groups is 1. The zero-order valence-corrected chi connectivity index (χ0v) is 11.7. The lowest BCUT2D eigenvalue weighted by molar-refractivity contribution is -0.122. The molecule has 1 rings (SSSR count). The molecule has 1 aromatic rings. The Labute approximate surface area is 108 Å². The van der Waals surface area contributed by atoms with Crippen molar-refractivity contribution in [1.82, 2.24) is 15.6 Å². The topological polar surface area (TPSA) is 67.2 Å². The zero-order chi connectivity index (χ0) is 13.5. The van der Waals surface area contributed by atoms with Crippen LogP contribution in [0.3, 0.4) is 0 Å². The first-order valence-corrected chi connectivity index (χ1v) is 6.48. The van der Waals surface area contributed by atoms with Crippen molar-refractivity contribution in [2.24, 2.45) is 0 Å². The lowest BCUT2D eigenvalue weighted by atomic mass is 10.3. The Morgan fingerprint density at radius 3 is 2.72 bits per heavy atom. The Morgan fingerprint density at radius 2 is 2.17 bits per heavy atom. The number of unbranched alkanes of at least 4 members (excludes halogenated alkanes) is 1. The highest BCUT2D eigenvalue weighted by Gasteiger charge is 2.13. The van der Waals surface area contributed by atoms with Crippen LogP contribution >= 0.6 is 0 Å². The second kappa shape index (κ2) is 7.16. The smallest absolute Gasteiger partial charge is 0.236 e. The van der Waals surface area contributed by atoms with Crippen molar-refractivity contribution >= 4 is 5.91 Å². The minimum atomic E-state index is -0.241. The summed E-state index contributed by atoms with van der Waals surface area (Å²) in [4.78, 5) is 15.9. The van der Waals surface area contributed by atoms with Gasteiger partial charge in [-0.2, -0.15) is 0 Å². The van der Waals surface area contributed by atoms with Crippen molar-refractivity contribution in [3.8, 4) is 0 Å². The minimum absolute atomic E-state index is 0.0171. The van der Waals surface area contributed by atoms with E-state index in [1.807, 2.05) is 20.8 Å². The SMILES string of the molecule is CCCCNC(=O)C(C)NCc1nc(C)c(C)o1. The van der Waals surface area contributed by atoms with E-state index in [2.05, 4.69) is 22.5 Å². The van der Waals surface area contributed by atoms with Gasteiger partial charge in [-0.05, 0) is 27.2 Å². The normalized spacial score (nSPS) is 12.4. The molecule has 1 amide bonds. The lowest BCUT2D eigenvalue weighted by Crippen LogP contribution is -2.42. The summed E-state index contributed by atoms with van der Waals surface area (Å²) in [5, 5.41) is 5.98. The van der Waals surface area contributed by atoms with Crippen LogP contribution in [-0.4, -0.2) is 23.5 Å².